The van der Waals surface area contributed by atoms with Crippen LogP contribution in [0, 0.1) is 5.82 Å². The third kappa shape index (κ3) is 4.46. The average Bonchev–Trinajstić information content (AvgIpc) is 2.30. The molecule has 0 spiro atoms. The van der Waals surface area contributed by atoms with E-state index in [1.165, 1.54) is 0 Å². The molecule has 0 bridgehead atoms. The Hall–Kier alpha value is -1.15. The first-order valence-corrected chi connectivity index (χ1v) is 9.13. The SMILES string of the molecule is CCCS(=O)(=O)CCS(=O)(=O)c1cc(F)ccc1N. The zero-order valence-electron chi connectivity index (χ0n) is 10.5. The Bertz CT molecular complexity index is 653. The monoisotopic (exact) mass is 309 g/mol. The van der Waals surface area contributed by atoms with Crippen LogP contribution in [0.5, 0.6) is 0 Å². The van der Waals surface area contributed by atoms with Gasteiger partial charge in [-0.2, -0.15) is 0 Å². The second kappa shape index (κ2) is 5.87. The molecule has 0 amide bonds. The molecule has 1 rings (SSSR count). The molecule has 0 aliphatic rings. The van der Waals surface area contributed by atoms with Gasteiger partial charge in [0.25, 0.3) is 0 Å². The van der Waals surface area contributed by atoms with Gasteiger partial charge in [0.15, 0.2) is 19.7 Å². The van der Waals surface area contributed by atoms with E-state index in [0.717, 1.165) is 18.2 Å². The van der Waals surface area contributed by atoms with Crippen molar-refractivity contribution in [3.63, 3.8) is 0 Å². The third-order valence-corrected chi connectivity index (χ3v) is 6.37. The maximum Gasteiger partial charge on any atom is 0.181 e. The lowest BCUT2D eigenvalue weighted by atomic mass is 10.3. The number of rotatable bonds is 6. The number of nitrogens with two attached hydrogens (primary N) is 1. The summed E-state index contributed by atoms with van der Waals surface area (Å²) in [4.78, 5) is -0.362. The van der Waals surface area contributed by atoms with Gasteiger partial charge in [0.2, 0.25) is 0 Å². The number of benzene rings is 1. The molecule has 2 N–H and O–H groups in total. The molecular weight excluding hydrogens is 293 g/mol. The van der Waals surface area contributed by atoms with E-state index in [1.54, 1.807) is 6.92 Å². The van der Waals surface area contributed by atoms with Crippen LogP contribution in [-0.4, -0.2) is 34.1 Å². The van der Waals surface area contributed by atoms with Crippen molar-refractivity contribution in [2.45, 2.75) is 18.2 Å². The number of hydrogen-bond donors (Lipinski definition) is 1. The quantitative estimate of drug-likeness (QED) is 0.791. The molecule has 0 fully saturated rings. The van der Waals surface area contributed by atoms with E-state index in [4.69, 9.17) is 5.73 Å². The molecule has 0 aliphatic carbocycles. The number of halogens is 1. The molecule has 0 heterocycles. The van der Waals surface area contributed by atoms with Crippen LogP contribution in [0.4, 0.5) is 10.1 Å². The Kier molecular flexibility index (Phi) is 4.92. The molecule has 19 heavy (non-hydrogen) atoms. The largest absolute Gasteiger partial charge is 0.398 e. The van der Waals surface area contributed by atoms with Gasteiger partial charge >= 0.3 is 0 Å². The van der Waals surface area contributed by atoms with Crippen LogP contribution in [-0.2, 0) is 19.7 Å². The first-order valence-electron chi connectivity index (χ1n) is 5.66. The lowest BCUT2D eigenvalue weighted by molar-refractivity contribution is 0.585. The van der Waals surface area contributed by atoms with Crippen molar-refractivity contribution in [2.75, 3.05) is 23.0 Å². The fourth-order valence-electron chi connectivity index (χ4n) is 1.54. The van der Waals surface area contributed by atoms with E-state index < -0.39 is 37.0 Å². The summed E-state index contributed by atoms with van der Waals surface area (Å²) in [5, 5.41) is 0. The molecule has 0 saturated heterocycles. The van der Waals surface area contributed by atoms with Gasteiger partial charge in [-0.05, 0) is 24.6 Å². The van der Waals surface area contributed by atoms with E-state index in [0.29, 0.717) is 6.42 Å². The minimum atomic E-state index is -3.91. The van der Waals surface area contributed by atoms with Crippen LogP contribution in [0.25, 0.3) is 0 Å². The third-order valence-electron chi connectivity index (χ3n) is 2.49. The summed E-state index contributed by atoms with van der Waals surface area (Å²) in [6.07, 6.45) is 0.421. The van der Waals surface area contributed by atoms with Gasteiger partial charge in [0.05, 0.1) is 22.1 Å². The highest BCUT2D eigenvalue weighted by atomic mass is 32.2. The molecule has 8 heteroatoms. The van der Waals surface area contributed by atoms with Crippen LogP contribution in [0.15, 0.2) is 23.1 Å². The molecule has 1 aromatic carbocycles. The van der Waals surface area contributed by atoms with Crippen LogP contribution in [0.2, 0.25) is 0 Å². The first-order chi connectivity index (χ1) is 8.68. The maximum absolute atomic E-state index is 13.0. The summed E-state index contributed by atoms with van der Waals surface area (Å²) in [7, 11) is -7.32. The van der Waals surface area contributed by atoms with E-state index in [2.05, 4.69) is 0 Å². The van der Waals surface area contributed by atoms with Crippen molar-refractivity contribution >= 4 is 25.4 Å². The zero-order chi connectivity index (χ0) is 14.7. The molecule has 0 unspecified atom stereocenters. The molecular formula is C11H16FNO4S2. The fraction of sp³-hybridized carbons (Fsp3) is 0.455. The smallest absolute Gasteiger partial charge is 0.181 e. The maximum atomic E-state index is 13.0. The number of nitrogen functional groups attached to an aromatic ring is 1. The van der Waals surface area contributed by atoms with Gasteiger partial charge in [0, 0.05) is 5.75 Å². The van der Waals surface area contributed by atoms with Crippen molar-refractivity contribution in [3.05, 3.63) is 24.0 Å². The summed E-state index contributed by atoms with van der Waals surface area (Å²) in [6, 6.07) is 2.99. The van der Waals surface area contributed by atoms with E-state index >= 15 is 0 Å². The Morgan fingerprint density at radius 2 is 1.74 bits per heavy atom. The summed E-state index contributed by atoms with van der Waals surface area (Å²) in [5.74, 6) is -1.88. The minimum Gasteiger partial charge on any atom is -0.398 e. The van der Waals surface area contributed by atoms with Crippen LogP contribution >= 0.6 is 0 Å². The van der Waals surface area contributed by atoms with Gasteiger partial charge in [-0.1, -0.05) is 6.92 Å². The average molecular weight is 309 g/mol. The standard InChI is InChI=1S/C11H16FNO4S2/c1-2-5-18(14,15)6-7-19(16,17)11-8-9(12)3-4-10(11)13/h3-4,8H,2,5-7,13H2,1H3. The molecule has 1 aromatic rings. The molecule has 0 atom stereocenters. The van der Waals surface area contributed by atoms with Crippen molar-refractivity contribution in [2.24, 2.45) is 0 Å². The van der Waals surface area contributed by atoms with Crippen LogP contribution in [0.1, 0.15) is 13.3 Å². The van der Waals surface area contributed by atoms with Crippen molar-refractivity contribution in [1.82, 2.24) is 0 Å². The molecule has 0 saturated carbocycles. The lowest BCUT2D eigenvalue weighted by Gasteiger charge is -2.08. The Labute approximate surface area is 112 Å². The molecule has 0 aromatic heterocycles. The second-order valence-electron chi connectivity index (χ2n) is 4.15. The molecule has 108 valence electrons. The zero-order valence-corrected chi connectivity index (χ0v) is 12.1. The Morgan fingerprint density at radius 1 is 1.11 bits per heavy atom. The summed E-state index contributed by atoms with van der Waals surface area (Å²) in [6.45, 7) is 1.69. The molecule has 0 aliphatic heterocycles. The predicted octanol–water partition coefficient (Wildman–Crippen LogP) is 1.01. The fourth-order valence-corrected chi connectivity index (χ4v) is 5.20. The van der Waals surface area contributed by atoms with Crippen molar-refractivity contribution in [3.8, 4) is 0 Å². The van der Waals surface area contributed by atoms with Crippen molar-refractivity contribution in [1.29, 1.82) is 0 Å². The summed E-state index contributed by atoms with van der Waals surface area (Å²) in [5.41, 5.74) is 5.39. The first kappa shape index (κ1) is 15.9. The van der Waals surface area contributed by atoms with Gasteiger partial charge < -0.3 is 5.73 Å². The second-order valence-corrected chi connectivity index (χ2v) is 8.53. The topological polar surface area (TPSA) is 94.3 Å². The minimum absolute atomic E-state index is 0.0683. The highest BCUT2D eigenvalue weighted by Crippen LogP contribution is 2.21. The summed E-state index contributed by atoms with van der Waals surface area (Å²) >= 11 is 0. The highest BCUT2D eigenvalue weighted by molar-refractivity contribution is 7.95. The van der Waals surface area contributed by atoms with E-state index in [-0.39, 0.29) is 16.3 Å². The number of anilines is 1. The van der Waals surface area contributed by atoms with Gasteiger partial charge in [-0.25, -0.2) is 21.2 Å². The van der Waals surface area contributed by atoms with Gasteiger partial charge in [-0.15, -0.1) is 0 Å². The summed E-state index contributed by atoms with van der Waals surface area (Å²) < 4.78 is 59.9. The van der Waals surface area contributed by atoms with E-state index in [1.807, 2.05) is 0 Å². The Balaban J connectivity index is 2.97. The number of hydrogen-bond acceptors (Lipinski definition) is 5. The van der Waals surface area contributed by atoms with Crippen molar-refractivity contribution < 1.29 is 21.2 Å². The lowest BCUT2D eigenvalue weighted by Crippen LogP contribution is -2.20. The van der Waals surface area contributed by atoms with Gasteiger partial charge in [0.1, 0.15) is 5.82 Å². The number of sulfone groups is 2. The van der Waals surface area contributed by atoms with Crippen LogP contribution < -0.4 is 5.73 Å². The highest BCUT2D eigenvalue weighted by Gasteiger charge is 2.22. The normalized spacial score (nSPS) is 12.5. The van der Waals surface area contributed by atoms with E-state index in [9.17, 15) is 21.2 Å². The molecule has 0 radical (unpaired) electrons. The molecule has 5 nitrogen and oxygen atoms in total. The van der Waals surface area contributed by atoms with Gasteiger partial charge in [-0.3, -0.25) is 0 Å². The Morgan fingerprint density at radius 3 is 2.32 bits per heavy atom. The predicted molar refractivity (Wildman–Crippen MR) is 71.8 cm³/mol. The van der Waals surface area contributed by atoms with Crippen LogP contribution in [0.3, 0.4) is 0 Å².